The lowest BCUT2D eigenvalue weighted by atomic mass is 10.0. The van der Waals surface area contributed by atoms with E-state index in [1.54, 1.807) is 4.57 Å². The Hall–Kier alpha value is -3.22. The third kappa shape index (κ3) is 6.38. The van der Waals surface area contributed by atoms with Gasteiger partial charge in [0, 0.05) is 18.1 Å². The quantitative estimate of drug-likeness (QED) is 0.464. The van der Waals surface area contributed by atoms with Crippen molar-refractivity contribution in [2.45, 2.75) is 39.2 Å². The summed E-state index contributed by atoms with van der Waals surface area (Å²) in [7, 11) is 0. The van der Waals surface area contributed by atoms with Crippen molar-refractivity contribution in [3.63, 3.8) is 0 Å². The maximum Gasteiger partial charge on any atom is 0.416 e. The summed E-state index contributed by atoms with van der Waals surface area (Å²) in [5.74, 6) is -0.582. The summed E-state index contributed by atoms with van der Waals surface area (Å²) in [6.45, 7) is 3.75. The molecule has 3 rings (SSSR count). The highest BCUT2D eigenvalue weighted by Crippen LogP contribution is 2.30. The number of aromatic nitrogens is 1. The second-order valence-electron chi connectivity index (χ2n) is 7.73. The number of carbonyl (C=O) groups is 1. The highest BCUT2D eigenvalue weighted by Gasteiger charge is 2.30. The van der Waals surface area contributed by atoms with Gasteiger partial charge in [-0.25, -0.2) is 4.79 Å². The number of alkyl halides is 3. The van der Waals surface area contributed by atoms with Crippen LogP contribution >= 0.6 is 0 Å². The predicted molar refractivity (Wildman–Crippen MR) is 113 cm³/mol. The number of anilines is 1. The summed E-state index contributed by atoms with van der Waals surface area (Å²) < 4.78 is 45.4. The normalized spacial score (nSPS) is 12.6. The maximum absolute atomic E-state index is 12.7. The molecule has 0 amide bonds. The molecule has 1 unspecified atom stereocenters. The lowest BCUT2D eigenvalue weighted by Gasteiger charge is -2.22. The summed E-state index contributed by atoms with van der Waals surface area (Å²) in [6.07, 6.45) is 0.157. The number of nitrogens with zero attached hydrogens (tertiary/aromatic N) is 1. The molecule has 1 aromatic heterocycles. The molecule has 7 heteroatoms. The highest BCUT2D eigenvalue weighted by atomic mass is 19.4. The molecule has 0 aliphatic carbocycles. The van der Waals surface area contributed by atoms with Gasteiger partial charge in [-0.2, -0.15) is 13.2 Å². The minimum absolute atomic E-state index is 0.0610. The van der Waals surface area contributed by atoms with E-state index in [2.05, 4.69) is 17.4 Å². The first-order valence-corrected chi connectivity index (χ1v) is 10.0. The van der Waals surface area contributed by atoms with E-state index in [0.717, 1.165) is 24.1 Å². The third-order valence-electron chi connectivity index (χ3n) is 4.87. The number of carbonyl (C=O) groups excluding carboxylic acids is 1. The fourth-order valence-corrected chi connectivity index (χ4v) is 3.17. The van der Waals surface area contributed by atoms with E-state index in [0.29, 0.717) is 5.69 Å². The third-order valence-corrected chi connectivity index (χ3v) is 4.87. The molecule has 3 aromatic rings. The van der Waals surface area contributed by atoms with Crippen LogP contribution in [0.4, 0.5) is 18.9 Å². The first kappa shape index (κ1) is 22.5. The van der Waals surface area contributed by atoms with Crippen molar-refractivity contribution >= 4 is 11.7 Å². The van der Waals surface area contributed by atoms with Gasteiger partial charge in [0.15, 0.2) is 6.73 Å². The van der Waals surface area contributed by atoms with E-state index in [1.165, 1.54) is 17.7 Å². The van der Waals surface area contributed by atoms with Crippen LogP contribution in [0.15, 0.2) is 73.1 Å². The van der Waals surface area contributed by atoms with Crippen LogP contribution in [0.5, 0.6) is 0 Å². The molecule has 0 radical (unpaired) electrons. The molecule has 2 aromatic carbocycles. The van der Waals surface area contributed by atoms with Crippen molar-refractivity contribution in [3.05, 3.63) is 89.7 Å². The largest absolute Gasteiger partial charge is 0.442 e. The van der Waals surface area contributed by atoms with E-state index >= 15 is 0 Å². The van der Waals surface area contributed by atoms with Crippen LogP contribution in [-0.4, -0.2) is 16.6 Å². The molecule has 0 aliphatic heterocycles. The van der Waals surface area contributed by atoms with Crippen LogP contribution in [0, 0.1) is 5.92 Å². The van der Waals surface area contributed by atoms with Crippen LogP contribution in [0.3, 0.4) is 0 Å². The van der Waals surface area contributed by atoms with Gasteiger partial charge in [0.05, 0.1) is 5.56 Å². The zero-order valence-corrected chi connectivity index (χ0v) is 17.4. The van der Waals surface area contributed by atoms with Gasteiger partial charge in [-0.1, -0.05) is 44.2 Å². The molecule has 1 atom stereocenters. The van der Waals surface area contributed by atoms with E-state index < -0.39 is 23.8 Å². The topological polar surface area (TPSA) is 43.3 Å². The summed E-state index contributed by atoms with van der Waals surface area (Å²) >= 11 is 0. The number of ether oxygens (including phenoxy) is 1. The van der Waals surface area contributed by atoms with Gasteiger partial charge in [-0.05, 0) is 53.8 Å². The van der Waals surface area contributed by atoms with Crippen molar-refractivity contribution in [1.82, 2.24) is 4.57 Å². The molecule has 1 N–H and O–H groups in total. The number of hydrogen-bond acceptors (Lipinski definition) is 3. The molecule has 0 saturated carbocycles. The average molecular weight is 430 g/mol. The molecule has 0 aliphatic rings. The van der Waals surface area contributed by atoms with Crippen molar-refractivity contribution < 1.29 is 22.7 Å². The van der Waals surface area contributed by atoms with Crippen LogP contribution < -0.4 is 5.32 Å². The predicted octanol–water partition coefficient (Wildman–Crippen LogP) is 5.74. The Morgan fingerprint density at radius 1 is 1.00 bits per heavy atom. The molecule has 0 spiro atoms. The molecule has 4 nitrogen and oxygen atoms in total. The van der Waals surface area contributed by atoms with E-state index in [-0.39, 0.29) is 12.6 Å². The van der Waals surface area contributed by atoms with Crippen molar-refractivity contribution in [2.24, 2.45) is 5.92 Å². The summed E-state index contributed by atoms with van der Waals surface area (Å²) in [5.41, 5.74) is 1.98. The second kappa shape index (κ2) is 9.73. The van der Waals surface area contributed by atoms with Gasteiger partial charge < -0.3 is 14.6 Å². The number of esters is 1. The molecule has 1 heterocycles. The highest BCUT2D eigenvalue weighted by molar-refractivity contribution is 5.79. The fourth-order valence-electron chi connectivity index (χ4n) is 3.17. The molecular weight excluding hydrogens is 405 g/mol. The molecule has 164 valence electrons. The number of halogens is 3. The van der Waals surface area contributed by atoms with Crippen LogP contribution in [-0.2, 0) is 28.9 Å². The Kier molecular flexibility index (Phi) is 7.05. The Balaban J connectivity index is 1.57. The summed E-state index contributed by atoms with van der Waals surface area (Å²) in [5, 5.41) is 2.98. The molecule has 0 saturated heterocycles. The Labute approximate surface area is 179 Å². The maximum atomic E-state index is 12.7. The smallest absolute Gasteiger partial charge is 0.416 e. The van der Waals surface area contributed by atoms with Crippen LogP contribution in [0.2, 0.25) is 0 Å². The minimum Gasteiger partial charge on any atom is -0.442 e. The Bertz CT molecular complexity index is 980. The van der Waals surface area contributed by atoms with E-state index in [4.69, 9.17) is 4.74 Å². The molecule has 0 fully saturated rings. The number of benzene rings is 2. The SMILES string of the molecule is CC(C)C(Nc1ccc(C(F)(F)F)cc1)C(=O)OCn1ccc(Cc2ccccc2)c1. The Morgan fingerprint density at radius 3 is 2.29 bits per heavy atom. The number of rotatable bonds is 8. The Morgan fingerprint density at radius 2 is 1.68 bits per heavy atom. The number of nitrogens with one attached hydrogen (secondary N) is 1. The van der Waals surface area contributed by atoms with E-state index in [9.17, 15) is 18.0 Å². The molecule has 31 heavy (non-hydrogen) atoms. The number of hydrogen-bond donors (Lipinski definition) is 1. The second-order valence-corrected chi connectivity index (χ2v) is 7.73. The van der Waals surface area contributed by atoms with E-state index in [1.807, 2.05) is 50.5 Å². The van der Waals surface area contributed by atoms with Gasteiger partial charge in [0.25, 0.3) is 0 Å². The monoisotopic (exact) mass is 430 g/mol. The first-order valence-electron chi connectivity index (χ1n) is 10.0. The standard InChI is InChI=1S/C24H25F3N2O2/c1-17(2)22(28-21-10-8-20(9-11-21)24(25,26)27)23(30)31-16-29-13-12-19(15-29)14-18-6-4-3-5-7-18/h3-13,15,17,22,28H,14,16H2,1-2H3. The lowest BCUT2D eigenvalue weighted by Crippen LogP contribution is -2.36. The lowest BCUT2D eigenvalue weighted by molar-refractivity contribution is -0.149. The van der Waals surface area contributed by atoms with Crippen LogP contribution in [0.1, 0.15) is 30.5 Å². The van der Waals surface area contributed by atoms with Crippen molar-refractivity contribution in [2.75, 3.05) is 5.32 Å². The van der Waals surface area contributed by atoms with Gasteiger partial charge in [-0.15, -0.1) is 0 Å². The van der Waals surface area contributed by atoms with Gasteiger partial charge in [0.1, 0.15) is 6.04 Å². The zero-order valence-electron chi connectivity index (χ0n) is 17.4. The van der Waals surface area contributed by atoms with Gasteiger partial charge in [0.2, 0.25) is 0 Å². The molecular formula is C24H25F3N2O2. The summed E-state index contributed by atoms with van der Waals surface area (Å²) in [6, 6.07) is 15.9. The minimum atomic E-state index is -4.40. The fraction of sp³-hybridized carbons (Fsp3) is 0.292. The van der Waals surface area contributed by atoms with Gasteiger partial charge in [-0.3, -0.25) is 0 Å². The van der Waals surface area contributed by atoms with Gasteiger partial charge >= 0.3 is 12.1 Å². The molecule has 0 bridgehead atoms. The van der Waals surface area contributed by atoms with Crippen LogP contribution in [0.25, 0.3) is 0 Å². The van der Waals surface area contributed by atoms with Crippen molar-refractivity contribution in [3.8, 4) is 0 Å². The van der Waals surface area contributed by atoms with Crippen molar-refractivity contribution in [1.29, 1.82) is 0 Å². The zero-order chi connectivity index (χ0) is 22.4. The average Bonchev–Trinajstić information content (AvgIpc) is 3.17. The first-order chi connectivity index (χ1) is 14.7. The summed E-state index contributed by atoms with van der Waals surface area (Å²) in [4.78, 5) is 12.6.